The highest BCUT2D eigenvalue weighted by atomic mass is 16.1. The molecule has 1 heterocycles. The van der Waals surface area contributed by atoms with Crippen LogP contribution in [0.3, 0.4) is 0 Å². The van der Waals surface area contributed by atoms with E-state index in [1.165, 1.54) is 0 Å². The lowest BCUT2D eigenvalue weighted by atomic mass is 10.2. The molecule has 0 bridgehead atoms. The minimum absolute atomic E-state index is 0.246. The molecule has 0 saturated heterocycles. The molecule has 1 rings (SSSR count). The largest absolute Gasteiger partial charge is 0.396 e. The molecule has 0 fully saturated rings. The van der Waals surface area contributed by atoms with Crippen molar-refractivity contribution < 1.29 is 4.79 Å². The summed E-state index contributed by atoms with van der Waals surface area (Å²) in [6.45, 7) is 7.02. The highest BCUT2D eigenvalue weighted by Crippen LogP contribution is 2.23. The SMILES string of the molecule is CCC(C)N(CC)c1nc(C(N)=O)ccc1N. The number of pyridine rings is 1. The van der Waals surface area contributed by atoms with Crippen LogP contribution in [0.4, 0.5) is 11.5 Å². The van der Waals surface area contributed by atoms with Gasteiger partial charge >= 0.3 is 0 Å². The Hall–Kier alpha value is -1.78. The fraction of sp³-hybridized carbons (Fsp3) is 0.500. The summed E-state index contributed by atoms with van der Waals surface area (Å²) in [5.74, 6) is 0.101. The van der Waals surface area contributed by atoms with Crippen molar-refractivity contribution in [1.29, 1.82) is 0 Å². The molecule has 94 valence electrons. The van der Waals surface area contributed by atoms with Crippen LogP contribution in [0.2, 0.25) is 0 Å². The number of hydrogen-bond acceptors (Lipinski definition) is 4. The first kappa shape index (κ1) is 13.3. The van der Waals surface area contributed by atoms with E-state index < -0.39 is 5.91 Å². The lowest BCUT2D eigenvalue weighted by molar-refractivity contribution is 0.0995. The molecule has 1 amide bonds. The smallest absolute Gasteiger partial charge is 0.267 e. The van der Waals surface area contributed by atoms with Gasteiger partial charge in [-0.15, -0.1) is 0 Å². The third kappa shape index (κ3) is 2.87. The summed E-state index contributed by atoms with van der Waals surface area (Å²) >= 11 is 0. The molecule has 1 aromatic rings. The normalized spacial score (nSPS) is 12.2. The second kappa shape index (κ2) is 5.52. The Kier molecular flexibility index (Phi) is 4.31. The van der Waals surface area contributed by atoms with Crippen molar-refractivity contribution in [3.8, 4) is 0 Å². The summed E-state index contributed by atoms with van der Waals surface area (Å²) in [6.07, 6.45) is 0.982. The zero-order chi connectivity index (χ0) is 13.0. The van der Waals surface area contributed by atoms with E-state index in [4.69, 9.17) is 11.5 Å². The minimum atomic E-state index is -0.536. The van der Waals surface area contributed by atoms with Crippen LogP contribution >= 0.6 is 0 Å². The predicted octanol–water partition coefficient (Wildman–Crippen LogP) is 1.39. The molecule has 5 nitrogen and oxygen atoms in total. The molecule has 4 N–H and O–H groups in total. The van der Waals surface area contributed by atoms with Crippen molar-refractivity contribution in [1.82, 2.24) is 4.98 Å². The molecule has 0 radical (unpaired) electrons. The van der Waals surface area contributed by atoms with Crippen LogP contribution in [0.5, 0.6) is 0 Å². The van der Waals surface area contributed by atoms with Gasteiger partial charge in [0.25, 0.3) is 5.91 Å². The van der Waals surface area contributed by atoms with Crippen molar-refractivity contribution >= 4 is 17.4 Å². The Morgan fingerprint density at radius 2 is 2.12 bits per heavy atom. The summed E-state index contributed by atoms with van der Waals surface area (Å²) < 4.78 is 0. The molecule has 17 heavy (non-hydrogen) atoms. The Morgan fingerprint density at radius 3 is 2.59 bits per heavy atom. The summed E-state index contributed by atoms with van der Waals surface area (Å²) in [5, 5.41) is 0. The lowest BCUT2D eigenvalue weighted by Crippen LogP contribution is -2.34. The minimum Gasteiger partial charge on any atom is -0.396 e. The van der Waals surface area contributed by atoms with Gasteiger partial charge in [0.15, 0.2) is 5.82 Å². The van der Waals surface area contributed by atoms with E-state index in [2.05, 4.69) is 23.7 Å². The van der Waals surface area contributed by atoms with Crippen molar-refractivity contribution in [2.45, 2.75) is 33.2 Å². The van der Waals surface area contributed by atoms with E-state index in [-0.39, 0.29) is 5.69 Å². The number of nitrogens with zero attached hydrogens (tertiary/aromatic N) is 2. The highest BCUT2D eigenvalue weighted by molar-refractivity contribution is 5.91. The Morgan fingerprint density at radius 1 is 1.47 bits per heavy atom. The number of carbonyl (C=O) groups excluding carboxylic acids is 1. The molecular weight excluding hydrogens is 216 g/mol. The van der Waals surface area contributed by atoms with Crippen molar-refractivity contribution in [3.05, 3.63) is 17.8 Å². The van der Waals surface area contributed by atoms with Crippen LogP contribution in [-0.2, 0) is 0 Å². The summed E-state index contributed by atoms with van der Waals surface area (Å²) in [7, 11) is 0. The molecule has 0 aliphatic heterocycles. The van der Waals surface area contributed by atoms with Gasteiger partial charge in [-0.05, 0) is 32.4 Å². The number of anilines is 2. The number of carbonyl (C=O) groups is 1. The van der Waals surface area contributed by atoms with Crippen LogP contribution in [0, 0.1) is 0 Å². The zero-order valence-electron chi connectivity index (χ0n) is 10.6. The Bertz CT molecular complexity index is 405. The van der Waals surface area contributed by atoms with Crippen LogP contribution in [0.25, 0.3) is 0 Å². The molecule has 0 aliphatic rings. The third-order valence-electron chi connectivity index (χ3n) is 2.89. The molecule has 1 atom stereocenters. The van der Waals surface area contributed by atoms with E-state index >= 15 is 0 Å². The highest BCUT2D eigenvalue weighted by Gasteiger charge is 2.16. The van der Waals surface area contributed by atoms with Gasteiger partial charge in [0.1, 0.15) is 5.69 Å². The van der Waals surface area contributed by atoms with Gasteiger partial charge in [0.2, 0.25) is 0 Å². The van der Waals surface area contributed by atoms with Crippen molar-refractivity contribution in [2.75, 3.05) is 17.2 Å². The average molecular weight is 236 g/mol. The van der Waals surface area contributed by atoms with Gasteiger partial charge in [-0.1, -0.05) is 6.92 Å². The molecule has 1 aromatic heterocycles. The van der Waals surface area contributed by atoms with Gasteiger partial charge in [0.05, 0.1) is 5.69 Å². The molecule has 5 heteroatoms. The first-order valence-corrected chi connectivity index (χ1v) is 5.84. The molecule has 1 unspecified atom stereocenters. The first-order valence-electron chi connectivity index (χ1n) is 5.84. The van der Waals surface area contributed by atoms with Gasteiger partial charge < -0.3 is 16.4 Å². The quantitative estimate of drug-likeness (QED) is 0.809. The van der Waals surface area contributed by atoms with E-state index in [1.54, 1.807) is 12.1 Å². The number of hydrogen-bond donors (Lipinski definition) is 2. The van der Waals surface area contributed by atoms with E-state index in [1.807, 2.05) is 6.92 Å². The Balaban J connectivity index is 3.17. The van der Waals surface area contributed by atoms with Gasteiger partial charge in [-0.3, -0.25) is 4.79 Å². The zero-order valence-corrected chi connectivity index (χ0v) is 10.6. The predicted molar refractivity (Wildman–Crippen MR) is 69.9 cm³/mol. The Labute approximate surface area is 102 Å². The van der Waals surface area contributed by atoms with Gasteiger partial charge in [-0.2, -0.15) is 0 Å². The fourth-order valence-corrected chi connectivity index (χ4v) is 1.72. The number of rotatable bonds is 5. The molecule has 0 spiro atoms. The lowest BCUT2D eigenvalue weighted by Gasteiger charge is -2.29. The third-order valence-corrected chi connectivity index (χ3v) is 2.89. The number of nitrogen functional groups attached to an aromatic ring is 1. The maximum atomic E-state index is 11.1. The van der Waals surface area contributed by atoms with E-state index in [9.17, 15) is 4.79 Å². The molecule has 0 aromatic carbocycles. The number of primary amides is 1. The fourth-order valence-electron chi connectivity index (χ4n) is 1.72. The number of aromatic nitrogens is 1. The monoisotopic (exact) mass is 236 g/mol. The average Bonchev–Trinajstić information content (AvgIpc) is 2.31. The maximum absolute atomic E-state index is 11.1. The second-order valence-electron chi connectivity index (χ2n) is 4.02. The molecule has 0 saturated carbocycles. The topological polar surface area (TPSA) is 85.2 Å². The van der Waals surface area contributed by atoms with Crippen LogP contribution < -0.4 is 16.4 Å². The van der Waals surface area contributed by atoms with Crippen LogP contribution in [-0.4, -0.2) is 23.5 Å². The molecule has 0 aliphatic carbocycles. The van der Waals surface area contributed by atoms with Crippen LogP contribution in [0.1, 0.15) is 37.7 Å². The number of amides is 1. The summed E-state index contributed by atoms with van der Waals surface area (Å²) in [4.78, 5) is 17.4. The van der Waals surface area contributed by atoms with Crippen molar-refractivity contribution in [2.24, 2.45) is 5.73 Å². The standard InChI is InChI=1S/C12H20N4O/c1-4-8(3)16(5-2)12-9(13)6-7-10(15-12)11(14)17/h6-8H,4-5,13H2,1-3H3,(H2,14,17). The molecular formula is C12H20N4O. The summed E-state index contributed by atoms with van der Waals surface area (Å²) in [5.41, 5.74) is 11.9. The number of nitrogens with two attached hydrogens (primary N) is 2. The first-order chi connectivity index (χ1) is 8.01. The van der Waals surface area contributed by atoms with E-state index in [0.717, 1.165) is 13.0 Å². The maximum Gasteiger partial charge on any atom is 0.267 e. The second-order valence-corrected chi connectivity index (χ2v) is 4.02. The summed E-state index contributed by atoms with van der Waals surface area (Å²) in [6, 6.07) is 3.54. The van der Waals surface area contributed by atoms with Crippen LogP contribution in [0.15, 0.2) is 12.1 Å². The van der Waals surface area contributed by atoms with Crippen molar-refractivity contribution in [3.63, 3.8) is 0 Å². The van der Waals surface area contributed by atoms with E-state index in [0.29, 0.717) is 17.5 Å². The van der Waals surface area contributed by atoms with Gasteiger partial charge in [-0.25, -0.2) is 4.98 Å². The van der Waals surface area contributed by atoms with Gasteiger partial charge in [0, 0.05) is 12.6 Å².